The molecule has 2 rings (SSSR count). The van der Waals surface area contributed by atoms with Crippen molar-refractivity contribution < 1.29 is 19.4 Å². The van der Waals surface area contributed by atoms with Crippen LogP contribution in [0.15, 0.2) is 54.6 Å². The molecule has 116 valence electrons. The van der Waals surface area contributed by atoms with Crippen LogP contribution in [0.3, 0.4) is 0 Å². The van der Waals surface area contributed by atoms with Crippen molar-refractivity contribution in [3.8, 4) is 0 Å². The average molecular weight is 303 g/mol. The third-order valence-corrected chi connectivity index (χ3v) is 3.53. The van der Waals surface area contributed by atoms with Gasteiger partial charge in [-0.15, -0.1) is 0 Å². The number of nitrogens with one attached hydrogen (secondary N) is 1. The lowest BCUT2D eigenvalue weighted by molar-refractivity contribution is -0.148. The molecule has 0 aliphatic carbocycles. The van der Waals surface area contributed by atoms with Gasteiger partial charge in [-0.1, -0.05) is 42.5 Å². The van der Waals surface area contributed by atoms with E-state index in [1.54, 1.807) is 0 Å². The van der Waals surface area contributed by atoms with Gasteiger partial charge >= 0.3 is 5.97 Å². The largest absolute Gasteiger partial charge is 0.479 e. The Morgan fingerprint density at radius 2 is 1.64 bits per heavy atom. The summed E-state index contributed by atoms with van der Waals surface area (Å²) < 4.78 is 13.0. The summed E-state index contributed by atoms with van der Waals surface area (Å²) in [6, 6.07) is 13.9. The Bertz CT molecular complexity index is 616. The smallest absolute Gasteiger partial charge is 0.334 e. The maximum absolute atomic E-state index is 13.0. The predicted molar refractivity (Wildman–Crippen MR) is 80.8 cm³/mol. The summed E-state index contributed by atoms with van der Waals surface area (Å²) >= 11 is 0. The number of aliphatic hydroxyl groups is 1. The molecule has 0 aromatic heterocycles. The van der Waals surface area contributed by atoms with Gasteiger partial charge in [0.05, 0.1) is 6.04 Å². The fourth-order valence-corrected chi connectivity index (χ4v) is 2.29. The summed E-state index contributed by atoms with van der Waals surface area (Å²) in [6.45, 7) is 1.88. The van der Waals surface area contributed by atoms with Crippen molar-refractivity contribution in [2.45, 2.75) is 25.1 Å². The highest BCUT2D eigenvalue weighted by molar-refractivity contribution is 5.73. The van der Waals surface area contributed by atoms with E-state index >= 15 is 0 Å². The van der Waals surface area contributed by atoms with E-state index in [1.165, 1.54) is 24.3 Å². The van der Waals surface area contributed by atoms with E-state index in [2.05, 4.69) is 5.32 Å². The van der Waals surface area contributed by atoms with Crippen LogP contribution in [0.25, 0.3) is 0 Å². The summed E-state index contributed by atoms with van der Waals surface area (Å²) in [5.74, 6) is -1.74. The van der Waals surface area contributed by atoms with Crippen LogP contribution in [0.4, 0.5) is 4.39 Å². The molecule has 0 bridgehead atoms. The number of rotatable bonds is 6. The Morgan fingerprint density at radius 1 is 1.05 bits per heavy atom. The van der Waals surface area contributed by atoms with Crippen LogP contribution in [0.5, 0.6) is 0 Å². The molecule has 0 amide bonds. The van der Waals surface area contributed by atoms with Crippen molar-refractivity contribution in [2.24, 2.45) is 0 Å². The SMILES string of the molecule is CC(N[C@@H](c1ccc(F)cc1)[C@@H](O)C(=O)O)c1ccccc1. The van der Waals surface area contributed by atoms with Gasteiger partial charge in [-0.25, -0.2) is 9.18 Å². The first kappa shape index (κ1) is 16.1. The maximum Gasteiger partial charge on any atom is 0.334 e. The molecule has 4 nitrogen and oxygen atoms in total. The Hall–Kier alpha value is -2.24. The number of carbonyl (C=O) groups is 1. The molecule has 0 saturated heterocycles. The van der Waals surface area contributed by atoms with Gasteiger partial charge in [0.2, 0.25) is 0 Å². The maximum atomic E-state index is 13.0. The molecule has 22 heavy (non-hydrogen) atoms. The van der Waals surface area contributed by atoms with Crippen molar-refractivity contribution in [3.05, 3.63) is 71.5 Å². The van der Waals surface area contributed by atoms with E-state index in [-0.39, 0.29) is 6.04 Å². The lowest BCUT2D eigenvalue weighted by Gasteiger charge is -2.26. The molecule has 0 heterocycles. The third-order valence-electron chi connectivity index (χ3n) is 3.53. The van der Waals surface area contributed by atoms with Gasteiger partial charge < -0.3 is 15.5 Å². The summed E-state index contributed by atoms with van der Waals surface area (Å²) in [5, 5.41) is 22.1. The monoisotopic (exact) mass is 303 g/mol. The molecule has 0 aliphatic heterocycles. The number of halogens is 1. The first-order valence-electron chi connectivity index (χ1n) is 6.96. The van der Waals surface area contributed by atoms with E-state index in [4.69, 9.17) is 5.11 Å². The minimum Gasteiger partial charge on any atom is -0.479 e. The highest BCUT2D eigenvalue weighted by atomic mass is 19.1. The molecule has 0 radical (unpaired) electrons. The molecule has 0 spiro atoms. The number of carboxylic acids is 1. The first-order valence-corrected chi connectivity index (χ1v) is 6.96. The molecule has 3 N–H and O–H groups in total. The third kappa shape index (κ3) is 3.90. The second-order valence-electron chi connectivity index (χ2n) is 5.11. The van der Waals surface area contributed by atoms with Crippen LogP contribution in [0.1, 0.15) is 30.1 Å². The molecule has 5 heteroatoms. The van der Waals surface area contributed by atoms with Gasteiger partial charge in [0.15, 0.2) is 6.10 Å². The standard InChI is InChI=1S/C17H18FNO3/c1-11(12-5-3-2-4-6-12)19-15(16(20)17(21)22)13-7-9-14(18)10-8-13/h2-11,15-16,19-20H,1H3,(H,21,22)/t11?,15-,16+/m0/s1. The molecular weight excluding hydrogens is 285 g/mol. The first-order chi connectivity index (χ1) is 10.5. The van der Waals surface area contributed by atoms with Crippen molar-refractivity contribution in [3.63, 3.8) is 0 Å². The fraction of sp³-hybridized carbons (Fsp3) is 0.235. The minimum atomic E-state index is -1.63. The van der Waals surface area contributed by atoms with E-state index in [0.29, 0.717) is 5.56 Å². The Labute approximate surface area is 128 Å². The minimum absolute atomic E-state index is 0.176. The molecule has 0 fully saturated rings. The van der Waals surface area contributed by atoms with E-state index in [9.17, 15) is 14.3 Å². The van der Waals surface area contributed by atoms with Gasteiger partial charge in [-0.2, -0.15) is 0 Å². The Kier molecular flexibility index (Phi) is 5.25. The Balaban J connectivity index is 2.25. The number of aliphatic carboxylic acids is 1. The van der Waals surface area contributed by atoms with Crippen molar-refractivity contribution in [2.75, 3.05) is 0 Å². The van der Waals surface area contributed by atoms with Gasteiger partial charge in [-0.3, -0.25) is 0 Å². The van der Waals surface area contributed by atoms with Crippen LogP contribution >= 0.6 is 0 Å². The topological polar surface area (TPSA) is 69.6 Å². The van der Waals surface area contributed by atoms with E-state index < -0.39 is 23.9 Å². The molecular formula is C17H18FNO3. The van der Waals surface area contributed by atoms with Crippen LogP contribution < -0.4 is 5.32 Å². The van der Waals surface area contributed by atoms with Crippen LogP contribution in [-0.2, 0) is 4.79 Å². The average Bonchev–Trinajstić information content (AvgIpc) is 2.53. The molecule has 3 atom stereocenters. The highest BCUT2D eigenvalue weighted by Gasteiger charge is 2.28. The quantitative estimate of drug-likeness (QED) is 0.767. The number of aliphatic hydroxyl groups excluding tert-OH is 1. The summed E-state index contributed by atoms with van der Waals surface area (Å²) in [4.78, 5) is 11.1. The van der Waals surface area contributed by atoms with E-state index in [1.807, 2.05) is 37.3 Å². The predicted octanol–water partition coefficient (Wildman–Crippen LogP) is 2.66. The van der Waals surface area contributed by atoms with Crippen LogP contribution in [0.2, 0.25) is 0 Å². The number of hydrogen-bond donors (Lipinski definition) is 3. The van der Waals surface area contributed by atoms with Gasteiger partial charge in [0.1, 0.15) is 5.82 Å². The molecule has 0 aliphatic rings. The zero-order chi connectivity index (χ0) is 16.1. The van der Waals surface area contributed by atoms with Gasteiger partial charge in [0, 0.05) is 6.04 Å². The normalized spacial score (nSPS) is 15.0. The lowest BCUT2D eigenvalue weighted by Crippen LogP contribution is -2.38. The number of hydrogen-bond acceptors (Lipinski definition) is 3. The summed E-state index contributed by atoms with van der Waals surface area (Å²) in [6.07, 6.45) is -1.63. The zero-order valence-electron chi connectivity index (χ0n) is 12.1. The zero-order valence-corrected chi connectivity index (χ0v) is 12.1. The van der Waals surface area contributed by atoms with Crippen LogP contribution in [0, 0.1) is 5.82 Å². The van der Waals surface area contributed by atoms with Gasteiger partial charge in [0.25, 0.3) is 0 Å². The lowest BCUT2D eigenvalue weighted by atomic mass is 9.98. The summed E-state index contributed by atoms with van der Waals surface area (Å²) in [5.41, 5.74) is 1.48. The van der Waals surface area contributed by atoms with Crippen molar-refractivity contribution >= 4 is 5.97 Å². The second kappa shape index (κ2) is 7.15. The van der Waals surface area contributed by atoms with Gasteiger partial charge in [-0.05, 0) is 30.2 Å². The van der Waals surface area contributed by atoms with Crippen molar-refractivity contribution in [1.29, 1.82) is 0 Å². The molecule has 2 aromatic carbocycles. The van der Waals surface area contributed by atoms with Crippen molar-refractivity contribution in [1.82, 2.24) is 5.32 Å². The Morgan fingerprint density at radius 3 is 2.18 bits per heavy atom. The molecule has 2 aromatic rings. The van der Waals surface area contributed by atoms with Crippen LogP contribution in [-0.4, -0.2) is 22.3 Å². The fourth-order valence-electron chi connectivity index (χ4n) is 2.29. The summed E-state index contributed by atoms with van der Waals surface area (Å²) in [7, 11) is 0. The number of benzene rings is 2. The molecule has 1 unspecified atom stereocenters. The second-order valence-corrected chi connectivity index (χ2v) is 5.11. The molecule has 0 saturated carbocycles. The highest BCUT2D eigenvalue weighted by Crippen LogP contribution is 2.23. The number of carboxylic acid groups (broad SMARTS) is 1. The van der Waals surface area contributed by atoms with E-state index in [0.717, 1.165) is 5.56 Å².